The van der Waals surface area contributed by atoms with E-state index in [0.29, 0.717) is 17.8 Å². The van der Waals surface area contributed by atoms with Crippen LogP contribution in [0.5, 0.6) is 0 Å². The topological polar surface area (TPSA) is 86.8 Å². The zero-order valence-electron chi connectivity index (χ0n) is 23.8. The van der Waals surface area contributed by atoms with E-state index in [1.807, 2.05) is 26.8 Å². The molecule has 7 nitrogen and oxygen atoms in total. The van der Waals surface area contributed by atoms with Crippen molar-refractivity contribution in [1.29, 1.82) is 0 Å². The van der Waals surface area contributed by atoms with E-state index in [1.165, 1.54) is 23.1 Å². The van der Waals surface area contributed by atoms with Gasteiger partial charge in [0.15, 0.2) is 0 Å². The minimum atomic E-state index is -4.17. The van der Waals surface area contributed by atoms with Gasteiger partial charge in [-0.3, -0.25) is 13.9 Å². The SMILES string of the molecule is CCCCNC(=O)[C@H](C)N(Cc1ccccc1F)C(=O)CN(c1cccc(C)c1C)S(=O)(=O)c1ccc(C)cc1. The number of halogens is 1. The van der Waals surface area contributed by atoms with Crippen molar-refractivity contribution in [3.63, 3.8) is 0 Å². The summed E-state index contributed by atoms with van der Waals surface area (Å²) in [5.74, 6) is -1.53. The van der Waals surface area contributed by atoms with Crippen molar-refractivity contribution in [2.45, 2.75) is 64.9 Å². The van der Waals surface area contributed by atoms with Crippen LogP contribution in [0.4, 0.5) is 10.1 Å². The number of unbranched alkanes of at least 4 members (excludes halogenated alkanes) is 1. The van der Waals surface area contributed by atoms with E-state index in [2.05, 4.69) is 5.32 Å². The summed E-state index contributed by atoms with van der Waals surface area (Å²) >= 11 is 0. The number of hydrogen-bond acceptors (Lipinski definition) is 4. The first kappa shape index (κ1) is 30.8. The molecule has 0 saturated carbocycles. The van der Waals surface area contributed by atoms with E-state index in [1.54, 1.807) is 56.3 Å². The number of nitrogens with one attached hydrogen (secondary N) is 1. The van der Waals surface area contributed by atoms with Crippen molar-refractivity contribution < 1.29 is 22.4 Å². The monoisotopic (exact) mass is 567 g/mol. The lowest BCUT2D eigenvalue weighted by Crippen LogP contribution is -2.51. The normalized spacial score (nSPS) is 12.1. The first-order chi connectivity index (χ1) is 19.0. The summed E-state index contributed by atoms with van der Waals surface area (Å²) in [6.07, 6.45) is 1.66. The van der Waals surface area contributed by atoms with E-state index >= 15 is 0 Å². The van der Waals surface area contributed by atoms with Gasteiger partial charge in [0, 0.05) is 18.7 Å². The number of hydrogen-bond donors (Lipinski definition) is 1. The predicted molar refractivity (Wildman–Crippen MR) is 156 cm³/mol. The number of amides is 2. The van der Waals surface area contributed by atoms with Crippen LogP contribution in [-0.2, 0) is 26.2 Å². The number of rotatable bonds is 12. The van der Waals surface area contributed by atoms with Crippen LogP contribution in [0.15, 0.2) is 71.6 Å². The van der Waals surface area contributed by atoms with E-state index in [4.69, 9.17) is 0 Å². The van der Waals surface area contributed by atoms with Crippen LogP contribution in [0.25, 0.3) is 0 Å². The van der Waals surface area contributed by atoms with Crippen molar-refractivity contribution in [1.82, 2.24) is 10.2 Å². The highest BCUT2D eigenvalue weighted by Gasteiger charge is 2.33. The van der Waals surface area contributed by atoms with Gasteiger partial charge in [-0.15, -0.1) is 0 Å². The molecule has 1 atom stereocenters. The molecule has 9 heteroatoms. The lowest BCUT2D eigenvalue weighted by Gasteiger charge is -2.32. The average molecular weight is 568 g/mol. The van der Waals surface area contributed by atoms with Crippen LogP contribution in [0.2, 0.25) is 0 Å². The zero-order chi connectivity index (χ0) is 29.4. The average Bonchev–Trinajstić information content (AvgIpc) is 2.92. The van der Waals surface area contributed by atoms with Crippen LogP contribution >= 0.6 is 0 Å². The Bertz CT molecular complexity index is 1440. The van der Waals surface area contributed by atoms with Gasteiger partial charge in [0.05, 0.1) is 10.6 Å². The van der Waals surface area contributed by atoms with E-state index in [9.17, 15) is 22.4 Å². The third-order valence-corrected chi connectivity index (χ3v) is 8.80. The van der Waals surface area contributed by atoms with E-state index in [0.717, 1.165) is 28.3 Å². The molecule has 0 fully saturated rings. The Morgan fingerprint density at radius 3 is 2.27 bits per heavy atom. The Hall–Kier alpha value is -3.72. The predicted octanol–water partition coefficient (Wildman–Crippen LogP) is 5.28. The minimum absolute atomic E-state index is 0.0396. The zero-order valence-corrected chi connectivity index (χ0v) is 24.6. The molecular formula is C31H38FN3O4S. The Kier molecular flexibility index (Phi) is 10.5. The minimum Gasteiger partial charge on any atom is -0.354 e. The van der Waals surface area contributed by atoms with Gasteiger partial charge in [-0.25, -0.2) is 12.8 Å². The van der Waals surface area contributed by atoms with Crippen LogP contribution < -0.4 is 9.62 Å². The van der Waals surface area contributed by atoms with Crippen molar-refractivity contribution in [2.24, 2.45) is 0 Å². The number of aryl methyl sites for hydroxylation is 2. The van der Waals surface area contributed by atoms with Gasteiger partial charge < -0.3 is 10.2 Å². The van der Waals surface area contributed by atoms with Gasteiger partial charge in [-0.2, -0.15) is 0 Å². The second kappa shape index (κ2) is 13.6. The molecule has 0 aliphatic carbocycles. The van der Waals surface area contributed by atoms with Crippen LogP contribution in [0.3, 0.4) is 0 Å². The lowest BCUT2D eigenvalue weighted by molar-refractivity contribution is -0.139. The molecule has 0 unspecified atom stereocenters. The van der Waals surface area contributed by atoms with E-state index < -0.39 is 40.2 Å². The second-order valence-corrected chi connectivity index (χ2v) is 11.8. The highest BCUT2D eigenvalue weighted by molar-refractivity contribution is 7.92. The van der Waals surface area contributed by atoms with Crippen molar-refractivity contribution in [3.8, 4) is 0 Å². The quantitative estimate of drug-likeness (QED) is 0.302. The maximum Gasteiger partial charge on any atom is 0.264 e. The van der Waals surface area contributed by atoms with Gasteiger partial charge in [0.25, 0.3) is 10.0 Å². The molecule has 0 bridgehead atoms. The van der Waals surface area contributed by atoms with Gasteiger partial charge in [0.1, 0.15) is 18.4 Å². The summed E-state index contributed by atoms with van der Waals surface area (Å²) in [5.41, 5.74) is 3.05. The number of sulfonamides is 1. The molecule has 0 heterocycles. The molecule has 0 aromatic heterocycles. The summed E-state index contributed by atoms with van der Waals surface area (Å²) in [6.45, 7) is 8.77. The molecule has 3 aromatic carbocycles. The smallest absolute Gasteiger partial charge is 0.264 e. The molecule has 2 amide bonds. The molecule has 0 radical (unpaired) electrons. The van der Waals surface area contributed by atoms with Gasteiger partial charge >= 0.3 is 0 Å². The Morgan fingerprint density at radius 2 is 1.62 bits per heavy atom. The number of benzene rings is 3. The van der Waals surface area contributed by atoms with Crippen molar-refractivity contribution in [2.75, 3.05) is 17.4 Å². The van der Waals surface area contributed by atoms with Crippen LogP contribution in [-0.4, -0.2) is 44.3 Å². The van der Waals surface area contributed by atoms with Crippen molar-refractivity contribution >= 4 is 27.5 Å². The molecule has 3 rings (SSSR count). The molecule has 0 spiro atoms. The standard InChI is InChI=1S/C31H38FN3O4S/c1-6-7-19-33-31(37)25(5)34(20-26-12-8-9-13-28(26)32)30(36)21-35(29-14-10-11-23(3)24(29)4)40(38,39)27-17-15-22(2)16-18-27/h8-18,25H,6-7,19-21H2,1-5H3,(H,33,37)/t25-/m0/s1. The molecule has 40 heavy (non-hydrogen) atoms. The fraction of sp³-hybridized carbons (Fsp3) is 0.355. The van der Waals surface area contributed by atoms with Crippen molar-refractivity contribution in [3.05, 3.63) is 94.8 Å². The second-order valence-electron chi connectivity index (χ2n) is 9.98. The third kappa shape index (κ3) is 7.27. The molecule has 1 N–H and O–H groups in total. The fourth-order valence-corrected chi connectivity index (χ4v) is 5.76. The largest absolute Gasteiger partial charge is 0.354 e. The first-order valence-electron chi connectivity index (χ1n) is 13.4. The lowest BCUT2D eigenvalue weighted by atomic mass is 10.1. The maximum absolute atomic E-state index is 14.6. The van der Waals surface area contributed by atoms with Crippen LogP contribution in [0.1, 0.15) is 48.9 Å². The van der Waals surface area contributed by atoms with Gasteiger partial charge in [-0.05, 0) is 69.5 Å². The van der Waals surface area contributed by atoms with E-state index in [-0.39, 0.29) is 17.0 Å². The molecule has 3 aromatic rings. The highest BCUT2D eigenvalue weighted by Crippen LogP contribution is 2.29. The first-order valence-corrected chi connectivity index (χ1v) is 14.9. The molecule has 214 valence electrons. The molecular weight excluding hydrogens is 529 g/mol. The Labute approximate surface area is 237 Å². The molecule has 0 saturated heterocycles. The third-order valence-electron chi connectivity index (χ3n) is 7.03. The summed E-state index contributed by atoms with van der Waals surface area (Å²) < 4.78 is 43.7. The van der Waals surface area contributed by atoms with Gasteiger partial charge in [-0.1, -0.05) is 61.4 Å². The van der Waals surface area contributed by atoms with Crippen LogP contribution in [0, 0.1) is 26.6 Å². The molecule has 0 aliphatic rings. The number of carbonyl (C=O) groups excluding carboxylic acids is 2. The fourth-order valence-electron chi connectivity index (χ4n) is 4.29. The summed E-state index contributed by atoms with van der Waals surface area (Å²) in [5, 5.41) is 2.82. The highest BCUT2D eigenvalue weighted by atomic mass is 32.2. The number of carbonyl (C=O) groups is 2. The number of anilines is 1. The molecule has 0 aliphatic heterocycles. The summed E-state index contributed by atoms with van der Waals surface area (Å²) in [7, 11) is -4.17. The maximum atomic E-state index is 14.6. The summed E-state index contributed by atoms with van der Waals surface area (Å²) in [6, 6.07) is 16.7. The Morgan fingerprint density at radius 1 is 0.950 bits per heavy atom. The van der Waals surface area contributed by atoms with Gasteiger partial charge in [0.2, 0.25) is 11.8 Å². The number of nitrogens with zero attached hydrogens (tertiary/aromatic N) is 2. The summed E-state index contributed by atoms with van der Waals surface area (Å²) in [4.78, 5) is 28.3. The Balaban J connectivity index is 2.05.